The SMILES string of the molecule is CCN(CCO)c1ccc(/C=N\NC(=S)NC(C)C)c(C)c1. The van der Waals surface area contributed by atoms with Crippen molar-refractivity contribution in [2.45, 2.75) is 33.7 Å². The second-order valence-corrected chi connectivity index (χ2v) is 5.75. The van der Waals surface area contributed by atoms with E-state index in [0.717, 1.165) is 23.4 Å². The first kappa shape index (κ1) is 18.4. The number of rotatable bonds is 7. The Bertz CT molecular complexity index is 517. The molecule has 0 saturated carbocycles. The molecule has 122 valence electrons. The molecule has 0 aliphatic rings. The Kier molecular flexibility index (Phi) is 7.84. The van der Waals surface area contributed by atoms with Gasteiger partial charge in [0.2, 0.25) is 0 Å². The Labute approximate surface area is 138 Å². The standard InChI is InChI=1S/C16H26N4OS/c1-5-20(8-9-21)15-7-6-14(13(4)10-15)11-17-19-16(22)18-12(2)3/h6-7,10-12,21H,5,8-9H2,1-4H3,(H2,18,19,22)/b17-11-. The van der Waals surface area contributed by atoms with Crippen LogP contribution < -0.4 is 15.6 Å². The van der Waals surface area contributed by atoms with Gasteiger partial charge < -0.3 is 15.3 Å². The third kappa shape index (κ3) is 5.99. The van der Waals surface area contributed by atoms with Crippen LogP contribution in [0.3, 0.4) is 0 Å². The summed E-state index contributed by atoms with van der Waals surface area (Å²) in [6, 6.07) is 6.45. The number of hydrogen-bond acceptors (Lipinski definition) is 4. The Morgan fingerprint density at radius 1 is 1.45 bits per heavy atom. The second kappa shape index (κ2) is 9.38. The molecule has 1 aromatic rings. The molecule has 0 aliphatic heterocycles. The molecule has 5 nitrogen and oxygen atoms in total. The van der Waals surface area contributed by atoms with Crippen LogP contribution in [-0.2, 0) is 0 Å². The van der Waals surface area contributed by atoms with Crippen molar-refractivity contribution in [3.05, 3.63) is 29.3 Å². The van der Waals surface area contributed by atoms with Gasteiger partial charge in [0, 0.05) is 24.8 Å². The summed E-state index contributed by atoms with van der Waals surface area (Å²) in [5.74, 6) is 0. The molecule has 6 heteroatoms. The number of aliphatic hydroxyl groups is 1. The van der Waals surface area contributed by atoms with E-state index in [-0.39, 0.29) is 12.6 Å². The molecular formula is C16H26N4OS. The molecule has 0 fully saturated rings. The predicted molar refractivity (Wildman–Crippen MR) is 97.8 cm³/mol. The zero-order chi connectivity index (χ0) is 16.5. The number of hydrogen-bond donors (Lipinski definition) is 3. The molecule has 1 aromatic carbocycles. The van der Waals surface area contributed by atoms with Gasteiger partial charge in [0.05, 0.1) is 12.8 Å². The van der Waals surface area contributed by atoms with Crippen LogP contribution in [0.2, 0.25) is 0 Å². The lowest BCUT2D eigenvalue weighted by Crippen LogP contribution is -2.36. The highest BCUT2D eigenvalue weighted by Gasteiger charge is 2.05. The lowest BCUT2D eigenvalue weighted by molar-refractivity contribution is 0.302. The quantitative estimate of drug-likeness (QED) is 0.407. The van der Waals surface area contributed by atoms with Gasteiger partial charge in [-0.1, -0.05) is 6.07 Å². The van der Waals surface area contributed by atoms with E-state index in [1.807, 2.05) is 32.9 Å². The van der Waals surface area contributed by atoms with Gasteiger partial charge in [-0.2, -0.15) is 5.10 Å². The molecule has 0 amide bonds. The summed E-state index contributed by atoms with van der Waals surface area (Å²) in [5, 5.41) is 16.8. The number of nitrogens with zero attached hydrogens (tertiary/aromatic N) is 2. The fraction of sp³-hybridized carbons (Fsp3) is 0.500. The van der Waals surface area contributed by atoms with Crippen LogP contribution in [0.1, 0.15) is 31.9 Å². The van der Waals surface area contributed by atoms with Crippen LogP contribution in [0, 0.1) is 6.92 Å². The molecule has 3 N–H and O–H groups in total. The van der Waals surface area contributed by atoms with E-state index in [9.17, 15) is 0 Å². The summed E-state index contributed by atoms with van der Waals surface area (Å²) in [7, 11) is 0. The summed E-state index contributed by atoms with van der Waals surface area (Å²) in [4.78, 5) is 2.13. The van der Waals surface area contributed by atoms with Gasteiger partial charge in [-0.25, -0.2) is 0 Å². The first-order valence-electron chi connectivity index (χ1n) is 7.54. The number of aliphatic hydroxyl groups excluding tert-OH is 1. The number of aryl methyl sites for hydroxylation is 1. The molecule has 1 rings (SSSR count). The zero-order valence-corrected chi connectivity index (χ0v) is 14.6. The summed E-state index contributed by atoms with van der Waals surface area (Å²) >= 11 is 5.11. The average molecular weight is 322 g/mol. The van der Waals surface area contributed by atoms with Gasteiger partial charge in [-0.3, -0.25) is 5.43 Å². The predicted octanol–water partition coefficient (Wildman–Crippen LogP) is 2.02. The largest absolute Gasteiger partial charge is 0.395 e. The van der Waals surface area contributed by atoms with Crippen molar-refractivity contribution in [1.82, 2.24) is 10.7 Å². The Hall–Kier alpha value is -1.66. The van der Waals surface area contributed by atoms with E-state index in [4.69, 9.17) is 17.3 Å². The molecule has 0 saturated heterocycles. The summed E-state index contributed by atoms with van der Waals surface area (Å²) in [5.41, 5.74) is 6.07. The molecule has 0 bridgehead atoms. The first-order valence-corrected chi connectivity index (χ1v) is 7.94. The molecule has 0 unspecified atom stereocenters. The van der Waals surface area contributed by atoms with Crippen LogP contribution in [-0.4, -0.2) is 42.2 Å². The Balaban J connectivity index is 2.71. The van der Waals surface area contributed by atoms with Gasteiger partial charge in [0.25, 0.3) is 0 Å². The van der Waals surface area contributed by atoms with Crippen LogP contribution in [0.5, 0.6) is 0 Å². The van der Waals surface area contributed by atoms with E-state index in [1.54, 1.807) is 6.21 Å². The molecule has 0 aromatic heterocycles. The molecular weight excluding hydrogens is 296 g/mol. The highest BCUT2D eigenvalue weighted by Crippen LogP contribution is 2.18. The smallest absolute Gasteiger partial charge is 0.187 e. The molecule has 0 radical (unpaired) electrons. The van der Waals surface area contributed by atoms with Crippen molar-refractivity contribution in [1.29, 1.82) is 0 Å². The van der Waals surface area contributed by atoms with E-state index in [0.29, 0.717) is 11.7 Å². The van der Waals surface area contributed by atoms with E-state index >= 15 is 0 Å². The summed E-state index contributed by atoms with van der Waals surface area (Å²) < 4.78 is 0. The zero-order valence-electron chi connectivity index (χ0n) is 13.8. The fourth-order valence-electron chi connectivity index (χ4n) is 2.05. The minimum Gasteiger partial charge on any atom is -0.395 e. The third-order valence-electron chi connectivity index (χ3n) is 3.16. The second-order valence-electron chi connectivity index (χ2n) is 5.34. The average Bonchev–Trinajstić information content (AvgIpc) is 2.45. The number of nitrogens with one attached hydrogen (secondary N) is 2. The molecule has 0 heterocycles. The maximum absolute atomic E-state index is 9.09. The van der Waals surface area contributed by atoms with Crippen LogP contribution in [0.15, 0.2) is 23.3 Å². The number of hydrazone groups is 1. The fourth-order valence-corrected chi connectivity index (χ4v) is 2.34. The lowest BCUT2D eigenvalue weighted by Gasteiger charge is -2.22. The highest BCUT2D eigenvalue weighted by molar-refractivity contribution is 7.80. The van der Waals surface area contributed by atoms with Gasteiger partial charge in [-0.15, -0.1) is 0 Å². The van der Waals surface area contributed by atoms with Gasteiger partial charge in [0.15, 0.2) is 5.11 Å². The van der Waals surface area contributed by atoms with E-state index < -0.39 is 0 Å². The van der Waals surface area contributed by atoms with Crippen molar-refractivity contribution in [2.24, 2.45) is 5.10 Å². The minimum absolute atomic E-state index is 0.153. The van der Waals surface area contributed by atoms with Crippen LogP contribution in [0.4, 0.5) is 5.69 Å². The molecule has 22 heavy (non-hydrogen) atoms. The summed E-state index contributed by atoms with van der Waals surface area (Å²) in [6.45, 7) is 9.82. The van der Waals surface area contributed by atoms with Crippen molar-refractivity contribution in [3.8, 4) is 0 Å². The Morgan fingerprint density at radius 2 is 2.18 bits per heavy atom. The van der Waals surface area contributed by atoms with E-state index in [1.165, 1.54) is 0 Å². The highest BCUT2D eigenvalue weighted by atomic mass is 32.1. The molecule has 0 spiro atoms. The summed E-state index contributed by atoms with van der Waals surface area (Å²) in [6.07, 6.45) is 1.76. The topological polar surface area (TPSA) is 59.9 Å². The van der Waals surface area contributed by atoms with Gasteiger partial charge >= 0.3 is 0 Å². The maximum Gasteiger partial charge on any atom is 0.187 e. The first-order chi connectivity index (χ1) is 10.5. The molecule has 0 aliphatic carbocycles. The maximum atomic E-state index is 9.09. The van der Waals surface area contributed by atoms with Gasteiger partial charge in [0.1, 0.15) is 0 Å². The number of anilines is 1. The van der Waals surface area contributed by atoms with Gasteiger partial charge in [-0.05, 0) is 63.2 Å². The van der Waals surface area contributed by atoms with Crippen molar-refractivity contribution < 1.29 is 5.11 Å². The van der Waals surface area contributed by atoms with E-state index in [2.05, 4.69) is 33.7 Å². The Morgan fingerprint density at radius 3 is 2.73 bits per heavy atom. The van der Waals surface area contributed by atoms with Crippen molar-refractivity contribution in [2.75, 3.05) is 24.6 Å². The molecule has 0 atom stereocenters. The van der Waals surface area contributed by atoms with Crippen molar-refractivity contribution in [3.63, 3.8) is 0 Å². The van der Waals surface area contributed by atoms with Crippen molar-refractivity contribution >= 4 is 29.2 Å². The lowest BCUT2D eigenvalue weighted by atomic mass is 10.1. The number of likely N-dealkylation sites (N-methyl/N-ethyl adjacent to an activating group) is 1. The third-order valence-corrected chi connectivity index (χ3v) is 3.37. The number of thiocarbonyl (C=S) groups is 1. The monoisotopic (exact) mass is 322 g/mol. The normalized spacial score (nSPS) is 11.0. The van der Waals surface area contributed by atoms with Crippen LogP contribution in [0.25, 0.3) is 0 Å². The van der Waals surface area contributed by atoms with Crippen LogP contribution >= 0.6 is 12.2 Å². The number of benzene rings is 1. The minimum atomic E-state index is 0.153.